The molecule has 1 fully saturated rings. The average molecular weight is 250 g/mol. The minimum atomic E-state index is 0.989. The van der Waals surface area contributed by atoms with Crippen molar-refractivity contribution >= 4 is 11.8 Å². The molecule has 0 bridgehead atoms. The maximum Gasteiger partial charge on any atom is 0.0206 e. The molecule has 3 heteroatoms. The van der Waals surface area contributed by atoms with Crippen LogP contribution in [0.2, 0.25) is 0 Å². The van der Waals surface area contributed by atoms with E-state index in [2.05, 4.69) is 40.7 Å². The zero-order valence-electron chi connectivity index (χ0n) is 10.6. The van der Waals surface area contributed by atoms with Crippen molar-refractivity contribution in [3.8, 4) is 0 Å². The molecule has 0 unspecified atom stereocenters. The molecule has 0 saturated carbocycles. The molecule has 0 aliphatic carbocycles. The molecule has 1 heterocycles. The summed E-state index contributed by atoms with van der Waals surface area (Å²) in [6.45, 7) is 5.88. The molecule has 0 spiro atoms. The van der Waals surface area contributed by atoms with Gasteiger partial charge in [-0.2, -0.15) is 0 Å². The molecule has 0 radical (unpaired) electrons. The molecule has 1 aromatic carbocycles. The van der Waals surface area contributed by atoms with Crippen LogP contribution in [-0.4, -0.2) is 37.3 Å². The first kappa shape index (κ1) is 12.9. The lowest BCUT2D eigenvalue weighted by atomic mass is 10.2. The molecule has 94 valence electrons. The van der Waals surface area contributed by atoms with E-state index in [1.807, 2.05) is 0 Å². The number of likely N-dealkylation sites (tertiary alicyclic amines) is 1. The van der Waals surface area contributed by atoms with E-state index in [4.69, 9.17) is 0 Å². The Balaban J connectivity index is 1.63. The summed E-state index contributed by atoms with van der Waals surface area (Å²) in [6, 6.07) is 8.83. The molecule has 1 aliphatic heterocycles. The van der Waals surface area contributed by atoms with Crippen LogP contribution < -0.4 is 5.32 Å². The van der Waals surface area contributed by atoms with Crippen LogP contribution >= 0.6 is 11.8 Å². The molecule has 17 heavy (non-hydrogen) atoms. The minimum absolute atomic E-state index is 0.989. The van der Waals surface area contributed by atoms with Gasteiger partial charge in [0.1, 0.15) is 0 Å². The normalized spacial score (nSPS) is 16.5. The van der Waals surface area contributed by atoms with E-state index >= 15 is 0 Å². The third-order valence-electron chi connectivity index (χ3n) is 3.29. The Labute approximate surface area is 109 Å². The largest absolute Gasteiger partial charge is 0.311 e. The summed E-state index contributed by atoms with van der Waals surface area (Å²) in [6.07, 6.45) is 4.88. The Kier molecular flexibility index (Phi) is 5.36. The van der Waals surface area contributed by atoms with Crippen molar-refractivity contribution in [3.05, 3.63) is 29.8 Å². The van der Waals surface area contributed by atoms with E-state index in [-0.39, 0.29) is 0 Å². The van der Waals surface area contributed by atoms with E-state index in [1.165, 1.54) is 42.9 Å². The molecule has 2 nitrogen and oxygen atoms in total. The topological polar surface area (TPSA) is 15.3 Å². The first-order chi connectivity index (χ1) is 8.38. The zero-order chi connectivity index (χ0) is 11.9. The Bertz CT molecular complexity index is 317. The van der Waals surface area contributed by atoms with Crippen molar-refractivity contribution in [1.29, 1.82) is 0 Å². The Morgan fingerprint density at radius 2 is 1.88 bits per heavy atom. The van der Waals surface area contributed by atoms with Crippen molar-refractivity contribution in [3.63, 3.8) is 0 Å². The number of hydrogen-bond acceptors (Lipinski definition) is 3. The van der Waals surface area contributed by atoms with E-state index in [9.17, 15) is 0 Å². The average Bonchev–Trinajstić information content (AvgIpc) is 2.88. The SMILES string of the molecule is CSc1ccc(CNCCN2CCCC2)cc1. The lowest BCUT2D eigenvalue weighted by Crippen LogP contribution is -2.29. The van der Waals surface area contributed by atoms with Crippen molar-refractivity contribution in [1.82, 2.24) is 10.2 Å². The van der Waals surface area contributed by atoms with E-state index in [1.54, 1.807) is 11.8 Å². The van der Waals surface area contributed by atoms with E-state index < -0.39 is 0 Å². The van der Waals surface area contributed by atoms with Gasteiger partial charge in [0.2, 0.25) is 0 Å². The number of nitrogens with one attached hydrogen (secondary N) is 1. The second-order valence-electron chi connectivity index (χ2n) is 4.57. The third-order valence-corrected chi connectivity index (χ3v) is 4.04. The number of hydrogen-bond donors (Lipinski definition) is 1. The van der Waals surface area contributed by atoms with Crippen molar-refractivity contribution in [2.24, 2.45) is 0 Å². The molecule has 0 atom stereocenters. The van der Waals surface area contributed by atoms with Crippen LogP contribution in [0.25, 0.3) is 0 Å². The van der Waals surface area contributed by atoms with Crippen molar-refractivity contribution < 1.29 is 0 Å². The monoisotopic (exact) mass is 250 g/mol. The van der Waals surface area contributed by atoms with Crippen LogP contribution in [0.3, 0.4) is 0 Å². The zero-order valence-corrected chi connectivity index (χ0v) is 11.4. The second-order valence-corrected chi connectivity index (χ2v) is 5.45. The second kappa shape index (κ2) is 7.04. The smallest absolute Gasteiger partial charge is 0.0206 e. The minimum Gasteiger partial charge on any atom is -0.311 e. The van der Waals surface area contributed by atoms with E-state index in [0.29, 0.717) is 0 Å². The summed E-state index contributed by atoms with van der Waals surface area (Å²) in [5.74, 6) is 0. The lowest BCUT2D eigenvalue weighted by Gasteiger charge is -2.14. The molecule has 0 aromatic heterocycles. The van der Waals surface area contributed by atoms with Gasteiger partial charge in [0.15, 0.2) is 0 Å². The van der Waals surface area contributed by atoms with Crippen LogP contribution in [0, 0.1) is 0 Å². The van der Waals surface area contributed by atoms with Crippen LogP contribution in [0.15, 0.2) is 29.2 Å². The fourth-order valence-corrected chi connectivity index (χ4v) is 2.63. The molecule has 1 aliphatic rings. The maximum atomic E-state index is 3.52. The van der Waals surface area contributed by atoms with Gasteiger partial charge in [0.05, 0.1) is 0 Å². The van der Waals surface area contributed by atoms with Gasteiger partial charge in [0, 0.05) is 24.5 Å². The predicted molar refractivity (Wildman–Crippen MR) is 75.6 cm³/mol. The van der Waals surface area contributed by atoms with Gasteiger partial charge in [-0.05, 0) is 49.9 Å². The number of rotatable bonds is 6. The molecule has 1 aromatic rings. The molecular weight excluding hydrogens is 228 g/mol. The van der Waals surface area contributed by atoms with Gasteiger partial charge in [-0.25, -0.2) is 0 Å². The highest BCUT2D eigenvalue weighted by Crippen LogP contribution is 2.14. The van der Waals surface area contributed by atoms with Gasteiger partial charge in [-0.1, -0.05) is 12.1 Å². The maximum absolute atomic E-state index is 3.52. The Hall–Kier alpha value is -0.510. The highest BCUT2D eigenvalue weighted by Gasteiger charge is 2.09. The standard InChI is InChI=1S/C14H22N2S/c1-17-14-6-4-13(5-7-14)12-15-8-11-16-9-2-3-10-16/h4-7,15H,2-3,8-12H2,1H3. The van der Waals surface area contributed by atoms with Gasteiger partial charge < -0.3 is 10.2 Å². The number of thioether (sulfide) groups is 1. The lowest BCUT2D eigenvalue weighted by molar-refractivity contribution is 0.335. The van der Waals surface area contributed by atoms with Crippen molar-refractivity contribution in [2.45, 2.75) is 24.3 Å². The first-order valence-corrected chi connectivity index (χ1v) is 7.67. The quantitative estimate of drug-likeness (QED) is 0.617. The molecular formula is C14H22N2S. The van der Waals surface area contributed by atoms with Gasteiger partial charge >= 0.3 is 0 Å². The van der Waals surface area contributed by atoms with Crippen LogP contribution in [0.1, 0.15) is 18.4 Å². The summed E-state index contributed by atoms with van der Waals surface area (Å²) in [5.41, 5.74) is 1.38. The summed E-state index contributed by atoms with van der Waals surface area (Å²) in [7, 11) is 0. The Morgan fingerprint density at radius 1 is 1.18 bits per heavy atom. The summed E-state index contributed by atoms with van der Waals surface area (Å²) in [4.78, 5) is 3.88. The fourth-order valence-electron chi connectivity index (χ4n) is 2.22. The number of nitrogens with zero attached hydrogens (tertiary/aromatic N) is 1. The highest BCUT2D eigenvalue weighted by atomic mass is 32.2. The van der Waals surface area contributed by atoms with Gasteiger partial charge in [-0.3, -0.25) is 0 Å². The molecule has 1 saturated heterocycles. The summed E-state index contributed by atoms with van der Waals surface area (Å²) in [5, 5.41) is 3.52. The van der Waals surface area contributed by atoms with Crippen LogP contribution in [0.5, 0.6) is 0 Å². The highest BCUT2D eigenvalue weighted by molar-refractivity contribution is 7.98. The molecule has 0 amide bonds. The first-order valence-electron chi connectivity index (χ1n) is 6.44. The van der Waals surface area contributed by atoms with Crippen molar-refractivity contribution in [2.75, 3.05) is 32.4 Å². The fraction of sp³-hybridized carbons (Fsp3) is 0.571. The molecule has 2 rings (SSSR count). The van der Waals surface area contributed by atoms with E-state index in [0.717, 1.165) is 13.1 Å². The van der Waals surface area contributed by atoms with Gasteiger partial charge in [-0.15, -0.1) is 11.8 Å². The number of benzene rings is 1. The van der Waals surface area contributed by atoms with Crippen LogP contribution in [0.4, 0.5) is 0 Å². The van der Waals surface area contributed by atoms with Crippen LogP contribution in [-0.2, 0) is 6.54 Å². The molecule has 1 N–H and O–H groups in total. The Morgan fingerprint density at radius 3 is 2.53 bits per heavy atom. The van der Waals surface area contributed by atoms with Gasteiger partial charge in [0.25, 0.3) is 0 Å². The summed E-state index contributed by atoms with van der Waals surface area (Å²) >= 11 is 1.80. The predicted octanol–water partition coefficient (Wildman–Crippen LogP) is 2.59. The summed E-state index contributed by atoms with van der Waals surface area (Å²) < 4.78 is 0. The third kappa shape index (κ3) is 4.34.